The van der Waals surface area contributed by atoms with Crippen LogP contribution < -0.4 is 10.0 Å². The second-order valence-electron chi connectivity index (χ2n) is 5.27. The largest absolute Gasteiger partial charge is 0.313 e. The van der Waals surface area contributed by atoms with E-state index in [1.54, 1.807) is 0 Å². The van der Waals surface area contributed by atoms with E-state index >= 15 is 0 Å². The Kier molecular flexibility index (Phi) is 4.41. The molecule has 2 fully saturated rings. The van der Waals surface area contributed by atoms with Gasteiger partial charge in [-0.2, -0.15) is 0 Å². The van der Waals surface area contributed by atoms with Gasteiger partial charge in [0.25, 0.3) is 0 Å². The third kappa shape index (κ3) is 4.91. The molecular formula is C11H23N3O2S. The Morgan fingerprint density at radius 3 is 2.65 bits per heavy atom. The van der Waals surface area contributed by atoms with Gasteiger partial charge in [-0.05, 0) is 39.3 Å². The van der Waals surface area contributed by atoms with E-state index in [1.807, 2.05) is 7.05 Å². The summed E-state index contributed by atoms with van der Waals surface area (Å²) >= 11 is 0. The molecule has 1 saturated carbocycles. The van der Waals surface area contributed by atoms with Gasteiger partial charge >= 0.3 is 0 Å². The van der Waals surface area contributed by atoms with Crippen molar-refractivity contribution in [2.45, 2.75) is 37.8 Å². The lowest BCUT2D eigenvalue weighted by molar-refractivity contribution is 0.242. The van der Waals surface area contributed by atoms with Crippen LogP contribution in [0.1, 0.15) is 25.7 Å². The zero-order valence-electron chi connectivity index (χ0n) is 10.5. The third-order valence-corrected chi connectivity index (χ3v) is 4.79. The first-order valence-corrected chi connectivity index (χ1v) is 8.12. The molecule has 1 unspecified atom stereocenters. The highest BCUT2D eigenvalue weighted by Gasteiger charge is 2.24. The van der Waals surface area contributed by atoms with Gasteiger partial charge in [0.2, 0.25) is 10.0 Å². The zero-order chi connectivity index (χ0) is 12.3. The summed E-state index contributed by atoms with van der Waals surface area (Å²) in [6.07, 6.45) is 4.42. The minimum absolute atomic E-state index is 0.0969. The number of likely N-dealkylation sites (tertiary alicyclic amines) is 1. The minimum atomic E-state index is -3.11. The number of nitrogens with zero attached hydrogens (tertiary/aromatic N) is 1. The molecule has 0 bridgehead atoms. The van der Waals surface area contributed by atoms with E-state index in [4.69, 9.17) is 0 Å². The summed E-state index contributed by atoms with van der Waals surface area (Å²) in [5.41, 5.74) is 0. The van der Waals surface area contributed by atoms with Crippen molar-refractivity contribution in [2.75, 3.05) is 32.4 Å². The van der Waals surface area contributed by atoms with E-state index < -0.39 is 10.0 Å². The highest BCUT2D eigenvalue weighted by molar-refractivity contribution is 7.89. The first-order valence-electron chi connectivity index (χ1n) is 6.47. The van der Waals surface area contributed by atoms with Crippen LogP contribution in [0.2, 0.25) is 0 Å². The molecule has 0 aromatic heterocycles. The van der Waals surface area contributed by atoms with Crippen LogP contribution >= 0.6 is 0 Å². The fourth-order valence-corrected chi connectivity index (χ4v) is 3.47. The fourth-order valence-electron chi connectivity index (χ4n) is 2.26. The van der Waals surface area contributed by atoms with E-state index in [2.05, 4.69) is 14.9 Å². The number of sulfonamides is 1. The highest BCUT2D eigenvalue weighted by atomic mass is 32.2. The van der Waals surface area contributed by atoms with Gasteiger partial charge in [0.1, 0.15) is 0 Å². The quantitative estimate of drug-likeness (QED) is 0.692. The minimum Gasteiger partial charge on any atom is -0.313 e. The second kappa shape index (κ2) is 5.65. The van der Waals surface area contributed by atoms with Gasteiger partial charge in [-0.15, -0.1) is 0 Å². The van der Waals surface area contributed by atoms with Crippen LogP contribution in [0.25, 0.3) is 0 Å². The molecule has 2 N–H and O–H groups in total. The first kappa shape index (κ1) is 13.3. The fraction of sp³-hybridized carbons (Fsp3) is 1.00. The zero-order valence-corrected chi connectivity index (χ0v) is 11.3. The Balaban J connectivity index is 1.70. The predicted molar refractivity (Wildman–Crippen MR) is 68.5 cm³/mol. The molecule has 1 aliphatic heterocycles. The van der Waals surface area contributed by atoms with Crippen molar-refractivity contribution in [3.8, 4) is 0 Å². The Bertz CT molecular complexity index is 341. The SMILES string of the molecule is CN1CCCC(NS(=O)(=O)CCNC2CC2)C1. The molecule has 1 aliphatic carbocycles. The molecule has 0 aromatic rings. The van der Waals surface area contributed by atoms with E-state index in [0.29, 0.717) is 12.6 Å². The molecule has 2 rings (SSSR count). The summed E-state index contributed by atoms with van der Waals surface area (Å²) in [7, 11) is -1.07. The van der Waals surface area contributed by atoms with Crippen molar-refractivity contribution in [2.24, 2.45) is 0 Å². The molecule has 2 aliphatic rings. The van der Waals surface area contributed by atoms with E-state index in [1.165, 1.54) is 12.8 Å². The average Bonchev–Trinajstić information content (AvgIpc) is 3.00. The van der Waals surface area contributed by atoms with E-state index in [0.717, 1.165) is 25.9 Å². The molecule has 0 amide bonds. The molecule has 0 radical (unpaired) electrons. The lowest BCUT2D eigenvalue weighted by Gasteiger charge is -2.29. The molecule has 0 aromatic carbocycles. The normalized spacial score (nSPS) is 27.2. The van der Waals surface area contributed by atoms with Crippen LogP contribution in [0.3, 0.4) is 0 Å². The molecule has 1 saturated heterocycles. The van der Waals surface area contributed by atoms with Gasteiger partial charge in [-0.3, -0.25) is 0 Å². The second-order valence-corrected chi connectivity index (χ2v) is 7.14. The molecule has 5 nitrogen and oxygen atoms in total. The summed E-state index contributed by atoms with van der Waals surface area (Å²) in [6, 6.07) is 0.672. The van der Waals surface area contributed by atoms with Crippen LogP contribution in [-0.4, -0.2) is 57.8 Å². The lowest BCUT2D eigenvalue weighted by atomic mass is 10.1. The van der Waals surface area contributed by atoms with Gasteiger partial charge in [-0.1, -0.05) is 0 Å². The summed E-state index contributed by atoms with van der Waals surface area (Å²) in [5.74, 6) is 0.198. The van der Waals surface area contributed by atoms with Crippen LogP contribution in [0.5, 0.6) is 0 Å². The molecule has 100 valence electrons. The predicted octanol–water partition coefficient (Wildman–Crippen LogP) is -0.248. The number of hydrogen-bond donors (Lipinski definition) is 2. The summed E-state index contributed by atoms with van der Waals surface area (Å²) in [6.45, 7) is 2.47. The van der Waals surface area contributed by atoms with Gasteiger partial charge in [0, 0.05) is 25.2 Å². The van der Waals surface area contributed by atoms with Crippen LogP contribution in [0, 0.1) is 0 Å². The van der Waals surface area contributed by atoms with Crippen molar-refractivity contribution < 1.29 is 8.42 Å². The average molecular weight is 261 g/mol. The van der Waals surface area contributed by atoms with E-state index in [9.17, 15) is 8.42 Å². The molecule has 6 heteroatoms. The Labute approximate surface area is 104 Å². The maximum atomic E-state index is 11.8. The Hall–Kier alpha value is -0.170. The first-order chi connectivity index (χ1) is 8.05. The molecule has 0 spiro atoms. The van der Waals surface area contributed by atoms with Crippen molar-refractivity contribution in [3.63, 3.8) is 0 Å². The number of rotatable bonds is 6. The smallest absolute Gasteiger partial charge is 0.213 e. The van der Waals surface area contributed by atoms with Crippen LogP contribution in [-0.2, 0) is 10.0 Å². The molecule has 1 heterocycles. The summed E-state index contributed by atoms with van der Waals surface area (Å²) in [4.78, 5) is 2.18. The number of piperidine rings is 1. The summed E-state index contributed by atoms with van der Waals surface area (Å²) in [5, 5.41) is 3.23. The van der Waals surface area contributed by atoms with Crippen molar-refractivity contribution in [3.05, 3.63) is 0 Å². The maximum absolute atomic E-state index is 11.8. The topological polar surface area (TPSA) is 61.4 Å². The Morgan fingerprint density at radius 2 is 2.00 bits per heavy atom. The molecular weight excluding hydrogens is 238 g/mol. The lowest BCUT2D eigenvalue weighted by Crippen LogP contribution is -2.47. The van der Waals surface area contributed by atoms with Crippen molar-refractivity contribution in [1.82, 2.24) is 14.9 Å². The van der Waals surface area contributed by atoms with Gasteiger partial charge in [-0.25, -0.2) is 13.1 Å². The molecule has 17 heavy (non-hydrogen) atoms. The van der Waals surface area contributed by atoms with Crippen LogP contribution in [0.4, 0.5) is 0 Å². The monoisotopic (exact) mass is 261 g/mol. The van der Waals surface area contributed by atoms with Crippen LogP contribution in [0.15, 0.2) is 0 Å². The van der Waals surface area contributed by atoms with E-state index in [-0.39, 0.29) is 11.8 Å². The number of nitrogens with one attached hydrogen (secondary N) is 2. The van der Waals surface area contributed by atoms with Gasteiger partial charge < -0.3 is 10.2 Å². The highest BCUT2D eigenvalue weighted by Crippen LogP contribution is 2.18. The maximum Gasteiger partial charge on any atom is 0.213 e. The Morgan fingerprint density at radius 1 is 1.24 bits per heavy atom. The third-order valence-electron chi connectivity index (χ3n) is 3.35. The van der Waals surface area contributed by atoms with Crippen molar-refractivity contribution >= 4 is 10.0 Å². The number of hydrogen-bond acceptors (Lipinski definition) is 4. The van der Waals surface area contributed by atoms with Gasteiger partial charge in [0.05, 0.1) is 5.75 Å². The molecule has 1 atom stereocenters. The standard InChI is InChI=1S/C11H23N3O2S/c1-14-7-2-3-11(9-14)13-17(15,16)8-6-12-10-4-5-10/h10-13H,2-9H2,1H3. The van der Waals surface area contributed by atoms with Gasteiger partial charge in [0.15, 0.2) is 0 Å². The number of likely N-dealkylation sites (N-methyl/N-ethyl adjacent to an activating group) is 1. The summed E-state index contributed by atoms with van der Waals surface area (Å²) < 4.78 is 26.5. The van der Waals surface area contributed by atoms with Crippen molar-refractivity contribution in [1.29, 1.82) is 0 Å².